The molecule has 0 bridgehead atoms. The third-order valence-electron chi connectivity index (χ3n) is 5.15. The normalized spacial score (nSPS) is 17.9. The van der Waals surface area contributed by atoms with Crippen LogP contribution in [0.2, 0.25) is 0 Å². The second-order valence-electron chi connectivity index (χ2n) is 7.61. The molecule has 4 rings (SSSR count). The van der Waals surface area contributed by atoms with Gasteiger partial charge < -0.3 is 5.32 Å². The minimum Gasteiger partial charge on any atom is -0.321 e. The molecule has 0 radical (unpaired) electrons. The predicted molar refractivity (Wildman–Crippen MR) is 114 cm³/mol. The van der Waals surface area contributed by atoms with Gasteiger partial charge in [0.1, 0.15) is 0 Å². The van der Waals surface area contributed by atoms with Crippen molar-refractivity contribution in [1.82, 2.24) is 9.78 Å². The predicted octanol–water partition coefficient (Wildman–Crippen LogP) is 3.78. The number of nitrogens with zero attached hydrogens (tertiary/aromatic N) is 2. The van der Waals surface area contributed by atoms with Gasteiger partial charge in [0.25, 0.3) is 5.91 Å². The molecule has 150 valence electrons. The molecular weight excluding hydrogens is 386 g/mol. The van der Waals surface area contributed by atoms with Gasteiger partial charge in [0.05, 0.1) is 23.2 Å². The van der Waals surface area contributed by atoms with Gasteiger partial charge in [-0.15, -0.1) is 0 Å². The van der Waals surface area contributed by atoms with E-state index < -0.39 is 9.84 Å². The van der Waals surface area contributed by atoms with Gasteiger partial charge in [-0.2, -0.15) is 5.10 Å². The van der Waals surface area contributed by atoms with E-state index in [1.807, 2.05) is 62.4 Å². The molecule has 0 aliphatic carbocycles. The van der Waals surface area contributed by atoms with E-state index in [1.54, 1.807) is 10.7 Å². The fourth-order valence-corrected chi connectivity index (χ4v) is 5.30. The smallest absolute Gasteiger partial charge is 0.276 e. The zero-order chi connectivity index (χ0) is 20.6. The van der Waals surface area contributed by atoms with Crippen LogP contribution in [0.3, 0.4) is 0 Å². The molecule has 2 heterocycles. The molecule has 1 aliphatic rings. The van der Waals surface area contributed by atoms with Gasteiger partial charge >= 0.3 is 0 Å². The third kappa shape index (κ3) is 4.24. The molecule has 7 heteroatoms. The van der Waals surface area contributed by atoms with E-state index in [2.05, 4.69) is 10.4 Å². The molecule has 1 saturated heterocycles. The minimum absolute atomic E-state index is 0.0481. The van der Waals surface area contributed by atoms with Crippen molar-refractivity contribution in [2.75, 3.05) is 16.8 Å². The van der Waals surface area contributed by atoms with Crippen LogP contribution in [-0.2, 0) is 9.84 Å². The van der Waals surface area contributed by atoms with Crippen LogP contribution in [0.25, 0.3) is 11.3 Å². The number of benzene rings is 2. The highest BCUT2D eigenvalue weighted by atomic mass is 32.2. The van der Waals surface area contributed by atoms with Gasteiger partial charge in [0.15, 0.2) is 15.5 Å². The average Bonchev–Trinajstić information content (AvgIpc) is 3.26. The Labute approximate surface area is 170 Å². The number of rotatable bonds is 4. The summed E-state index contributed by atoms with van der Waals surface area (Å²) in [4.78, 5) is 12.8. The Hall–Kier alpha value is -2.93. The summed E-state index contributed by atoms with van der Waals surface area (Å²) in [5.41, 5.74) is 4.80. The number of aromatic nitrogens is 2. The number of aryl methyl sites for hydroxylation is 2. The van der Waals surface area contributed by atoms with Crippen LogP contribution < -0.4 is 5.32 Å². The number of amides is 1. The second kappa shape index (κ2) is 7.48. The number of hydrogen-bond acceptors (Lipinski definition) is 4. The Morgan fingerprint density at radius 2 is 1.83 bits per heavy atom. The molecule has 2 aromatic carbocycles. The number of anilines is 1. The first kappa shape index (κ1) is 19.4. The van der Waals surface area contributed by atoms with Crippen LogP contribution in [0.4, 0.5) is 5.69 Å². The monoisotopic (exact) mass is 409 g/mol. The highest BCUT2D eigenvalue weighted by Crippen LogP contribution is 2.30. The Balaban J connectivity index is 1.71. The van der Waals surface area contributed by atoms with Crippen molar-refractivity contribution < 1.29 is 13.2 Å². The molecular formula is C22H23N3O3S. The molecule has 1 unspecified atom stereocenters. The number of carbonyl (C=O) groups is 1. The van der Waals surface area contributed by atoms with E-state index in [9.17, 15) is 13.2 Å². The molecule has 1 aromatic heterocycles. The Kier molecular flexibility index (Phi) is 5.00. The first-order valence-corrected chi connectivity index (χ1v) is 11.4. The van der Waals surface area contributed by atoms with Crippen LogP contribution in [0.15, 0.2) is 54.6 Å². The van der Waals surface area contributed by atoms with Crippen LogP contribution >= 0.6 is 0 Å². The van der Waals surface area contributed by atoms with E-state index in [1.165, 1.54) is 0 Å². The summed E-state index contributed by atoms with van der Waals surface area (Å²) in [6.45, 7) is 3.96. The topological polar surface area (TPSA) is 81.1 Å². The summed E-state index contributed by atoms with van der Waals surface area (Å²) in [6, 6.07) is 16.9. The summed E-state index contributed by atoms with van der Waals surface area (Å²) >= 11 is 0. The number of sulfone groups is 1. The van der Waals surface area contributed by atoms with Gasteiger partial charge in [-0.1, -0.05) is 42.0 Å². The molecule has 1 amide bonds. The van der Waals surface area contributed by atoms with Gasteiger partial charge in [-0.05, 0) is 49.6 Å². The average molecular weight is 410 g/mol. The lowest BCUT2D eigenvalue weighted by Gasteiger charge is -2.13. The van der Waals surface area contributed by atoms with E-state index in [0.717, 1.165) is 22.4 Å². The van der Waals surface area contributed by atoms with E-state index in [-0.39, 0.29) is 29.1 Å². The molecule has 6 nitrogen and oxygen atoms in total. The lowest BCUT2D eigenvalue weighted by Crippen LogP contribution is -2.16. The van der Waals surface area contributed by atoms with Crippen molar-refractivity contribution in [1.29, 1.82) is 0 Å². The summed E-state index contributed by atoms with van der Waals surface area (Å²) in [7, 11) is -3.07. The van der Waals surface area contributed by atoms with Gasteiger partial charge in [-0.25, -0.2) is 8.42 Å². The SMILES string of the molecule is Cc1ccc(-c2cc(C(=O)Nc3cccc(C)c3)nn2C2CCS(=O)(=O)C2)cc1. The molecule has 1 aliphatic heterocycles. The number of hydrogen-bond donors (Lipinski definition) is 1. The van der Waals surface area contributed by atoms with Crippen LogP contribution in [0.1, 0.15) is 34.1 Å². The lowest BCUT2D eigenvalue weighted by atomic mass is 10.1. The Bertz CT molecular complexity index is 1160. The maximum absolute atomic E-state index is 12.8. The first-order valence-electron chi connectivity index (χ1n) is 9.56. The summed E-state index contributed by atoms with van der Waals surface area (Å²) in [5.74, 6) is -0.120. The Morgan fingerprint density at radius 1 is 1.07 bits per heavy atom. The molecule has 1 atom stereocenters. The van der Waals surface area contributed by atoms with Crippen molar-refractivity contribution in [3.8, 4) is 11.3 Å². The highest BCUT2D eigenvalue weighted by molar-refractivity contribution is 7.91. The number of carbonyl (C=O) groups excluding carboxylic acids is 1. The summed E-state index contributed by atoms with van der Waals surface area (Å²) < 4.78 is 25.7. The van der Waals surface area contributed by atoms with Crippen molar-refractivity contribution in [2.24, 2.45) is 0 Å². The van der Waals surface area contributed by atoms with Gasteiger partial charge in [0.2, 0.25) is 0 Å². The first-order chi connectivity index (χ1) is 13.8. The fraction of sp³-hybridized carbons (Fsp3) is 0.273. The maximum Gasteiger partial charge on any atom is 0.276 e. The standard InChI is InChI=1S/C22H23N3O3S/c1-15-6-8-17(9-7-15)21-13-20(22(26)23-18-5-3-4-16(2)12-18)24-25(21)19-10-11-29(27,28)14-19/h3-9,12-13,19H,10-11,14H2,1-2H3,(H,23,26). The van der Waals surface area contributed by atoms with Crippen molar-refractivity contribution in [3.63, 3.8) is 0 Å². The van der Waals surface area contributed by atoms with Crippen LogP contribution in [0.5, 0.6) is 0 Å². The lowest BCUT2D eigenvalue weighted by molar-refractivity contribution is 0.102. The molecule has 0 saturated carbocycles. The zero-order valence-corrected chi connectivity index (χ0v) is 17.2. The van der Waals surface area contributed by atoms with Crippen molar-refractivity contribution >= 4 is 21.4 Å². The van der Waals surface area contributed by atoms with Gasteiger partial charge in [-0.3, -0.25) is 9.48 Å². The fourth-order valence-electron chi connectivity index (χ4n) is 3.61. The summed E-state index contributed by atoms with van der Waals surface area (Å²) in [5, 5.41) is 7.39. The van der Waals surface area contributed by atoms with E-state index >= 15 is 0 Å². The van der Waals surface area contributed by atoms with E-state index in [0.29, 0.717) is 12.1 Å². The highest BCUT2D eigenvalue weighted by Gasteiger charge is 2.32. The molecule has 1 fully saturated rings. The molecule has 0 spiro atoms. The second-order valence-corrected chi connectivity index (χ2v) is 9.83. The molecule has 1 N–H and O–H groups in total. The van der Waals surface area contributed by atoms with Crippen LogP contribution in [0, 0.1) is 13.8 Å². The zero-order valence-electron chi connectivity index (χ0n) is 16.4. The van der Waals surface area contributed by atoms with Gasteiger partial charge in [0, 0.05) is 5.69 Å². The minimum atomic E-state index is -3.07. The Morgan fingerprint density at radius 3 is 2.48 bits per heavy atom. The van der Waals surface area contributed by atoms with E-state index in [4.69, 9.17) is 0 Å². The maximum atomic E-state index is 12.8. The van der Waals surface area contributed by atoms with Crippen molar-refractivity contribution in [3.05, 3.63) is 71.4 Å². The number of nitrogens with one attached hydrogen (secondary N) is 1. The molecule has 3 aromatic rings. The van der Waals surface area contributed by atoms with Crippen LogP contribution in [-0.4, -0.2) is 35.6 Å². The quantitative estimate of drug-likeness (QED) is 0.711. The molecule has 29 heavy (non-hydrogen) atoms. The largest absolute Gasteiger partial charge is 0.321 e. The summed E-state index contributed by atoms with van der Waals surface area (Å²) in [6.07, 6.45) is 0.502. The van der Waals surface area contributed by atoms with Crippen molar-refractivity contribution in [2.45, 2.75) is 26.3 Å². The third-order valence-corrected chi connectivity index (χ3v) is 6.90.